The quantitative estimate of drug-likeness (QED) is 0.286. The molecule has 3 aromatic rings. The van der Waals surface area contributed by atoms with Gasteiger partial charge in [0, 0.05) is 43.4 Å². The number of aryl methyl sites for hydroxylation is 1. The second-order valence-corrected chi connectivity index (χ2v) is 12.9. The predicted octanol–water partition coefficient (Wildman–Crippen LogP) is 3.58. The highest BCUT2D eigenvalue weighted by atomic mass is 32.2. The van der Waals surface area contributed by atoms with Crippen molar-refractivity contribution in [1.82, 2.24) is 9.29 Å². The number of hydrogen-bond acceptors (Lipinski definition) is 6. The molecule has 1 atom stereocenters. The Bertz CT molecular complexity index is 1450. The van der Waals surface area contributed by atoms with E-state index in [9.17, 15) is 18.3 Å². The molecule has 2 saturated carbocycles. The minimum Gasteiger partial charge on any atom is -0.491 e. The minimum absolute atomic E-state index is 0.0605. The van der Waals surface area contributed by atoms with Crippen LogP contribution in [-0.4, -0.2) is 57.0 Å². The number of hydrogen-bond donors (Lipinski definition) is 3. The molecule has 0 spiro atoms. The molecule has 0 radical (unpaired) electrons. The molecule has 2 fully saturated rings. The Balaban J connectivity index is 1.30. The van der Waals surface area contributed by atoms with Crippen molar-refractivity contribution in [1.29, 1.82) is 0 Å². The van der Waals surface area contributed by atoms with Crippen LogP contribution in [0.15, 0.2) is 53.4 Å². The highest BCUT2D eigenvalue weighted by molar-refractivity contribution is 7.89. The number of amides is 1. The fourth-order valence-electron chi connectivity index (χ4n) is 6.33. The molecule has 1 aromatic heterocycles. The van der Waals surface area contributed by atoms with Crippen molar-refractivity contribution in [2.75, 3.05) is 26.9 Å². The molecule has 0 bridgehead atoms. The molecule has 216 valence electrons. The summed E-state index contributed by atoms with van der Waals surface area (Å²) in [5.74, 6) is 0.572. The number of ether oxygens (including phenoxy) is 2. The first-order chi connectivity index (χ1) is 19.2. The van der Waals surface area contributed by atoms with Gasteiger partial charge in [0.15, 0.2) is 0 Å². The number of sulfonamides is 1. The highest BCUT2D eigenvalue weighted by Crippen LogP contribution is 2.52. The van der Waals surface area contributed by atoms with Gasteiger partial charge >= 0.3 is 0 Å². The number of aliphatic hydroxyl groups is 1. The van der Waals surface area contributed by atoms with Gasteiger partial charge in [-0.25, -0.2) is 13.1 Å². The normalized spacial score (nSPS) is 22.3. The van der Waals surface area contributed by atoms with Crippen molar-refractivity contribution in [2.45, 2.75) is 49.5 Å². The topological polar surface area (TPSA) is 133 Å². The number of fused-ring (bicyclic) bond motifs is 1. The summed E-state index contributed by atoms with van der Waals surface area (Å²) < 4.78 is 42.3. The monoisotopic (exact) mass is 569 g/mol. The van der Waals surface area contributed by atoms with E-state index in [1.807, 2.05) is 48.0 Å². The van der Waals surface area contributed by atoms with Gasteiger partial charge in [-0.3, -0.25) is 4.79 Å². The number of carbonyl (C=O) groups is 1. The second-order valence-electron chi connectivity index (χ2n) is 11.2. The van der Waals surface area contributed by atoms with Gasteiger partial charge in [-0.05, 0) is 98.4 Å². The van der Waals surface area contributed by atoms with Crippen molar-refractivity contribution in [3.63, 3.8) is 0 Å². The number of methoxy groups -OCH3 is 1. The average molecular weight is 570 g/mol. The van der Waals surface area contributed by atoms with Crippen LogP contribution in [0.1, 0.15) is 38.5 Å². The van der Waals surface area contributed by atoms with Crippen LogP contribution in [0.5, 0.6) is 5.75 Å². The van der Waals surface area contributed by atoms with Crippen molar-refractivity contribution >= 4 is 26.8 Å². The number of nitrogens with two attached hydrogens (primary N) is 1. The molecule has 2 aromatic carbocycles. The Hall–Kier alpha value is -2.92. The molecule has 1 heterocycles. The van der Waals surface area contributed by atoms with Crippen molar-refractivity contribution in [3.8, 4) is 17.0 Å². The van der Waals surface area contributed by atoms with E-state index in [1.165, 1.54) is 0 Å². The molecule has 1 amide bonds. The lowest BCUT2D eigenvalue weighted by molar-refractivity contribution is -0.136. The van der Waals surface area contributed by atoms with Crippen LogP contribution in [0.25, 0.3) is 22.2 Å². The van der Waals surface area contributed by atoms with Gasteiger partial charge in [0.05, 0.1) is 16.9 Å². The molecule has 5 rings (SSSR count). The van der Waals surface area contributed by atoms with Crippen LogP contribution >= 0.6 is 0 Å². The summed E-state index contributed by atoms with van der Waals surface area (Å²) in [5.41, 5.74) is 7.86. The molecule has 0 aliphatic heterocycles. The molecule has 10 heteroatoms. The van der Waals surface area contributed by atoms with Crippen molar-refractivity contribution in [2.24, 2.45) is 30.0 Å². The summed E-state index contributed by atoms with van der Waals surface area (Å²) >= 11 is 0. The zero-order valence-electron chi connectivity index (χ0n) is 23.1. The Morgan fingerprint density at radius 2 is 1.80 bits per heavy atom. The third kappa shape index (κ3) is 5.63. The number of primary amides is 1. The van der Waals surface area contributed by atoms with E-state index in [0.717, 1.165) is 40.8 Å². The summed E-state index contributed by atoms with van der Waals surface area (Å²) in [4.78, 5) is 12.7. The fraction of sp³-hybridized carbons (Fsp3) is 0.500. The summed E-state index contributed by atoms with van der Waals surface area (Å²) in [7, 11) is -0.227. The van der Waals surface area contributed by atoms with E-state index >= 15 is 0 Å². The molecular weight excluding hydrogens is 530 g/mol. The first kappa shape index (κ1) is 28.6. The number of benzene rings is 2. The zero-order valence-corrected chi connectivity index (χ0v) is 24.0. The Kier molecular flexibility index (Phi) is 8.24. The van der Waals surface area contributed by atoms with Gasteiger partial charge in [-0.2, -0.15) is 0 Å². The number of nitrogens with zero attached hydrogens (tertiary/aromatic N) is 1. The number of aromatic nitrogens is 1. The number of carbonyl (C=O) groups excluding carboxylic acids is 1. The van der Waals surface area contributed by atoms with Crippen LogP contribution < -0.4 is 15.2 Å². The Labute approximate surface area is 235 Å². The lowest BCUT2D eigenvalue weighted by Crippen LogP contribution is -2.51. The van der Waals surface area contributed by atoms with Crippen LogP contribution in [0, 0.1) is 17.3 Å². The van der Waals surface area contributed by atoms with Crippen LogP contribution in [0.3, 0.4) is 0 Å². The van der Waals surface area contributed by atoms with Crippen LogP contribution in [0.2, 0.25) is 0 Å². The Morgan fingerprint density at radius 1 is 1.10 bits per heavy atom. The van der Waals surface area contributed by atoms with Gasteiger partial charge in [0.2, 0.25) is 15.9 Å². The second kappa shape index (κ2) is 11.5. The van der Waals surface area contributed by atoms with Crippen molar-refractivity contribution < 1.29 is 27.8 Å². The van der Waals surface area contributed by atoms with E-state index in [4.69, 9.17) is 15.2 Å². The first-order valence-corrected chi connectivity index (χ1v) is 15.4. The summed E-state index contributed by atoms with van der Waals surface area (Å²) in [6.45, 7) is 0.936. The SMILES string of the molecule is COCCOc1ccc(-c2cc3ccc(S(=O)(=O)NC4CCC(C(N)=O)([C@@H](CO)C5CC5)CC4)cc3n2C)cc1. The number of rotatable bonds is 12. The molecule has 4 N–H and O–H groups in total. The summed E-state index contributed by atoms with van der Waals surface area (Å²) in [6, 6.07) is 14.7. The maximum absolute atomic E-state index is 13.4. The fourth-order valence-corrected chi connectivity index (χ4v) is 7.66. The molecule has 40 heavy (non-hydrogen) atoms. The van der Waals surface area contributed by atoms with E-state index < -0.39 is 15.4 Å². The zero-order chi connectivity index (χ0) is 28.5. The average Bonchev–Trinajstić information content (AvgIpc) is 3.73. The largest absolute Gasteiger partial charge is 0.491 e. The molecular formula is C30H39N3O6S. The summed E-state index contributed by atoms with van der Waals surface area (Å²) in [6.07, 6.45) is 3.99. The van der Waals surface area contributed by atoms with E-state index in [0.29, 0.717) is 44.8 Å². The van der Waals surface area contributed by atoms with E-state index in [2.05, 4.69) is 4.72 Å². The van der Waals surface area contributed by atoms with Crippen LogP contribution in [-0.2, 0) is 26.6 Å². The van der Waals surface area contributed by atoms with E-state index in [1.54, 1.807) is 19.2 Å². The molecule has 9 nitrogen and oxygen atoms in total. The molecule has 2 aliphatic carbocycles. The third-order valence-corrected chi connectivity index (χ3v) is 10.3. The first-order valence-electron chi connectivity index (χ1n) is 13.9. The van der Waals surface area contributed by atoms with Gasteiger partial charge in [0.1, 0.15) is 12.4 Å². The Morgan fingerprint density at radius 3 is 2.40 bits per heavy atom. The number of aliphatic hydroxyl groups excluding tert-OH is 1. The lowest BCUT2D eigenvalue weighted by Gasteiger charge is -2.43. The smallest absolute Gasteiger partial charge is 0.240 e. The standard InChI is InChI=1S/C30H39N3O6S/c1-33-27(21-5-8-24(9-6-21)39-16-15-38-2)17-22-7-10-25(18-28(22)33)40(36,37)32-23-11-13-30(14-12-23,29(31)35)26(19-34)20-3-4-20/h5-10,17-18,20,23,26,32,34H,3-4,11-16,19H2,1-2H3,(H2,31,35)/t23?,26-,30?/m0/s1. The molecule has 0 saturated heterocycles. The van der Waals surface area contributed by atoms with Gasteiger partial charge in [0.25, 0.3) is 0 Å². The lowest BCUT2D eigenvalue weighted by atomic mass is 9.63. The van der Waals surface area contributed by atoms with Crippen LogP contribution in [0.4, 0.5) is 0 Å². The maximum atomic E-state index is 13.4. The van der Waals surface area contributed by atoms with Gasteiger partial charge in [-0.1, -0.05) is 6.07 Å². The predicted molar refractivity (Wildman–Crippen MR) is 153 cm³/mol. The molecule has 0 unspecified atom stereocenters. The minimum atomic E-state index is -3.78. The van der Waals surface area contributed by atoms with Gasteiger partial charge in [-0.15, -0.1) is 0 Å². The van der Waals surface area contributed by atoms with Gasteiger partial charge < -0.3 is 24.9 Å². The maximum Gasteiger partial charge on any atom is 0.240 e. The third-order valence-electron chi connectivity index (χ3n) is 8.82. The van der Waals surface area contributed by atoms with E-state index in [-0.39, 0.29) is 29.4 Å². The molecule has 2 aliphatic rings. The summed E-state index contributed by atoms with van der Waals surface area (Å²) in [5, 5.41) is 10.9. The number of nitrogens with one attached hydrogen (secondary N) is 1. The van der Waals surface area contributed by atoms with Crippen molar-refractivity contribution in [3.05, 3.63) is 48.5 Å². The highest BCUT2D eigenvalue weighted by Gasteiger charge is 2.51.